The molecule has 16 heavy (non-hydrogen) atoms. The van der Waals surface area contributed by atoms with E-state index in [0.717, 1.165) is 5.56 Å². The van der Waals surface area contributed by atoms with Crippen LogP contribution in [0.5, 0.6) is 0 Å². The van der Waals surface area contributed by atoms with Crippen molar-refractivity contribution in [2.45, 2.75) is 32.4 Å². The van der Waals surface area contributed by atoms with Crippen LogP contribution in [0.4, 0.5) is 0 Å². The van der Waals surface area contributed by atoms with Gasteiger partial charge in [-0.25, -0.2) is 0 Å². The molecule has 85 valence electrons. The van der Waals surface area contributed by atoms with Crippen LogP contribution in [-0.2, 0) is 6.32 Å². The number of hydrogen-bond acceptors (Lipinski definition) is 2. The van der Waals surface area contributed by atoms with E-state index in [0.29, 0.717) is 16.8 Å². The minimum Gasteiger partial charge on any atom is -0.423 e. The maximum atomic E-state index is 9.24. The second-order valence-electron chi connectivity index (χ2n) is 4.96. The van der Waals surface area contributed by atoms with Crippen LogP contribution >= 0.6 is 11.6 Å². The number of rotatable bonds is 3. The van der Waals surface area contributed by atoms with Gasteiger partial charge in [0.25, 0.3) is 0 Å². The first-order chi connectivity index (χ1) is 7.31. The monoisotopic (exact) mass is 237 g/mol. The molecule has 0 saturated heterocycles. The van der Waals surface area contributed by atoms with E-state index in [4.69, 9.17) is 11.6 Å². The van der Waals surface area contributed by atoms with Crippen LogP contribution in [0.15, 0.2) is 18.2 Å². The summed E-state index contributed by atoms with van der Waals surface area (Å²) in [5.74, 6) is 0. The standard InChI is InChI=1S/C11H16B2ClO2/c1-11(2,3)12-7-8-9(13(15)16)5-4-6-10(8)14/h4-6,15-16H,7H2,1-3H3. The summed E-state index contributed by atoms with van der Waals surface area (Å²) < 4.78 is 0. The van der Waals surface area contributed by atoms with Crippen molar-refractivity contribution in [1.29, 1.82) is 0 Å². The fourth-order valence-electron chi connectivity index (χ4n) is 1.44. The van der Waals surface area contributed by atoms with Crippen LogP contribution in [0.1, 0.15) is 26.3 Å². The molecular weight excluding hydrogens is 221 g/mol. The third kappa shape index (κ3) is 3.85. The van der Waals surface area contributed by atoms with Crippen LogP contribution in [0.2, 0.25) is 10.3 Å². The molecule has 0 aliphatic rings. The van der Waals surface area contributed by atoms with Gasteiger partial charge in [0.15, 0.2) is 0 Å². The van der Waals surface area contributed by atoms with Crippen LogP contribution in [0.3, 0.4) is 0 Å². The lowest BCUT2D eigenvalue weighted by Crippen LogP contribution is -2.34. The normalized spacial score (nSPS) is 11.4. The largest absolute Gasteiger partial charge is 0.488 e. The first kappa shape index (κ1) is 13.6. The Bertz CT molecular complexity index is 361. The highest BCUT2D eigenvalue weighted by atomic mass is 35.5. The fourth-order valence-corrected chi connectivity index (χ4v) is 1.70. The van der Waals surface area contributed by atoms with E-state index < -0.39 is 7.12 Å². The molecule has 1 aromatic carbocycles. The average Bonchev–Trinajstić information content (AvgIpc) is 2.13. The maximum absolute atomic E-state index is 9.24. The van der Waals surface area contributed by atoms with Gasteiger partial charge in [0.05, 0.1) is 0 Å². The summed E-state index contributed by atoms with van der Waals surface area (Å²) >= 11 is 6.06. The van der Waals surface area contributed by atoms with E-state index >= 15 is 0 Å². The van der Waals surface area contributed by atoms with Gasteiger partial charge in [0.2, 0.25) is 0 Å². The Kier molecular flexibility index (Phi) is 4.48. The molecular formula is C11H16B2ClO2. The number of halogens is 1. The van der Waals surface area contributed by atoms with Gasteiger partial charge in [-0.2, -0.15) is 0 Å². The quantitative estimate of drug-likeness (QED) is 0.781. The summed E-state index contributed by atoms with van der Waals surface area (Å²) in [5.41, 5.74) is 1.27. The van der Waals surface area contributed by atoms with E-state index in [1.807, 2.05) is 0 Å². The van der Waals surface area contributed by atoms with Gasteiger partial charge in [-0.15, -0.1) is 0 Å². The molecule has 1 rings (SSSR count). The van der Waals surface area contributed by atoms with Gasteiger partial charge >= 0.3 is 7.12 Å². The second kappa shape index (κ2) is 5.26. The minimum atomic E-state index is -1.47. The van der Waals surface area contributed by atoms with Gasteiger partial charge in [0, 0.05) is 5.02 Å². The molecule has 0 atom stereocenters. The molecule has 2 N–H and O–H groups in total. The highest BCUT2D eigenvalue weighted by Gasteiger charge is 2.20. The Labute approximate surface area is 103 Å². The molecule has 0 unspecified atom stereocenters. The van der Waals surface area contributed by atoms with Crippen molar-refractivity contribution in [2.75, 3.05) is 0 Å². The van der Waals surface area contributed by atoms with Gasteiger partial charge in [-0.1, -0.05) is 56.1 Å². The highest BCUT2D eigenvalue weighted by molar-refractivity contribution is 6.60. The predicted molar refractivity (Wildman–Crippen MR) is 70.5 cm³/mol. The first-order valence-electron chi connectivity index (χ1n) is 5.29. The molecule has 0 saturated carbocycles. The minimum absolute atomic E-state index is 0.0802. The Balaban J connectivity index is 2.93. The number of benzene rings is 1. The van der Waals surface area contributed by atoms with Crippen molar-refractivity contribution in [3.8, 4) is 0 Å². The lowest BCUT2D eigenvalue weighted by atomic mass is 9.51. The second-order valence-corrected chi connectivity index (χ2v) is 5.36. The summed E-state index contributed by atoms with van der Waals surface area (Å²) in [7, 11) is 0.641. The van der Waals surface area contributed by atoms with Gasteiger partial charge in [-0.05, 0) is 17.1 Å². The Morgan fingerprint density at radius 2 is 1.94 bits per heavy atom. The predicted octanol–water partition coefficient (Wildman–Crippen LogP) is 1.44. The van der Waals surface area contributed by atoms with Crippen molar-refractivity contribution < 1.29 is 10.0 Å². The summed E-state index contributed by atoms with van der Waals surface area (Å²) in [5, 5.41) is 19.1. The Morgan fingerprint density at radius 3 is 2.44 bits per heavy atom. The topological polar surface area (TPSA) is 40.5 Å². The fraction of sp³-hybridized carbons (Fsp3) is 0.455. The van der Waals surface area contributed by atoms with E-state index in [1.54, 1.807) is 18.2 Å². The van der Waals surface area contributed by atoms with Gasteiger partial charge < -0.3 is 10.0 Å². The molecule has 0 bridgehead atoms. The molecule has 0 fully saturated rings. The Hall–Kier alpha value is -0.440. The van der Waals surface area contributed by atoms with Crippen molar-refractivity contribution in [3.63, 3.8) is 0 Å². The average molecular weight is 237 g/mol. The molecule has 0 heterocycles. The lowest BCUT2D eigenvalue weighted by Gasteiger charge is -2.18. The van der Waals surface area contributed by atoms with Gasteiger partial charge in [-0.3, -0.25) is 0 Å². The van der Waals surface area contributed by atoms with Crippen molar-refractivity contribution in [2.24, 2.45) is 0 Å². The number of hydrogen-bond donors (Lipinski definition) is 2. The Morgan fingerprint density at radius 1 is 1.31 bits per heavy atom. The molecule has 0 amide bonds. The summed E-state index contributed by atoms with van der Waals surface area (Å²) in [4.78, 5) is 0. The zero-order valence-electron chi connectivity index (χ0n) is 9.87. The smallest absolute Gasteiger partial charge is 0.423 e. The maximum Gasteiger partial charge on any atom is 0.488 e. The molecule has 1 aromatic rings. The van der Waals surface area contributed by atoms with E-state index in [9.17, 15) is 10.0 Å². The summed E-state index contributed by atoms with van der Waals surface area (Å²) in [6.45, 7) is 6.29. The molecule has 0 aliphatic carbocycles. The SMILES string of the molecule is CC(C)(C)[B]Cc1c(Cl)cccc1B(O)O. The molecule has 2 nitrogen and oxygen atoms in total. The van der Waals surface area contributed by atoms with Crippen LogP contribution in [0, 0.1) is 0 Å². The van der Waals surface area contributed by atoms with E-state index in [-0.39, 0.29) is 5.31 Å². The van der Waals surface area contributed by atoms with Crippen LogP contribution in [0.25, 0.3) is 0 Å². The van der Waals surface area contributed by atoms with Crippen molar-refractivity contribution >= 4 is 31.5 Å². The lowest BCUT2D eigenvalue weighted by molar-refractivity contribution is 0.425. The zero-order valence-corrected chi connectivity index (χ0v) is 10.6. The molecule has 0 spiro atoms. The first-order valence-corrected chi connectivity index (χ1v) is 5.67. The van der Waals surface area contributed by atoms with E-state index in [2.05, 4.69) is 28.1 Å². The van der Waals surface area contributed by atoms with Crippen LogP contribution in [-0.4, -0.2) is 24.4 Å². The highest BCUT2D eigenvalue weighted by Crippen LogP contribution is 2.23. The molecule has 1 radical (unpaired) electrons. The molecule has 0 aliphatic heterocycles. The van der Waals surface area contributed by atoms with Crippen molar-refractivity contribution in [3.05, 3.63) is 28.8 Å². The van der Waals surface area contributed by atoms with Crippen molar-refractivity contribution in [1.82, 2.24) is 0 Å². The molecule has 0 aromatic heterocycles. The zero-order chi connectivity index (χ0) is 12.3. The third-order valence-electron chi connectivity index (χ3n) is 2.35. The van der Waals surface area contributed by atoms with E-state index in [1.165, 1.54) is 0 Å². The third-order valence-corrected chi connectivity index (χ3v) is 2.71. The summed E-state index contributed by atoms with van der Waals surface area (Å²) in [6, 6.07) is 5.17. The van der Waals surface area contributed by atoms with Gasteiger partial charge in [0.1, 0.15) is 7.28 Å². The van der Waals surface area contributed by atoms with Crippen LogP contribution < -0.4 is 5.46 Å². The molecule has 5 heteroatoms. The summed E-state index contributed by atoms with van der Waals surface area (Å²) in [6.07, 6.45) is 0.635.